The molecule has 0 saturated carbocycles. The Morgan fingerprint density at radius 3 is 1.11 bits per heavy atom. The first-order valence-electron chi connectivity index (χ1n) is 20.3. The third kappa shape index (κ3) is 49.9. The quantitative estimate of drug-likeness (QED) is 0.0469. The van der Waals surface area contributed by atoms with Gasteiger partial charge in [0.1, 0.15) is 20.4 Å². The van der Waals surface area contributed by atoms with E-state index in [1.165, 1.54) is 44.9 Å². The van der Waals surface area contributed by atoms with Crippen LogP contribution in [0.25, 0.3) is 0 Å². The van der Waals surface area contributed by atoms with Gasteiger partial charge < -0.3 is 66.1 Å². The summed E-state index contributed by atoms with van der Waals surface area (Å²) in [5.74, 6) is 0. The topological polar surface area (TPSA) is 151 Å². The van der Waals surface area contributed by atoms with Gasteiger partial charge >= 0.3 is 29.6 Å². The Morgan fingerprint density at radius 2 is 0.727 bits per heavy atom. The zero-order valence-electron chi connectivity index (χ0n) is 35.3. The lowest BCUT2D eigenvalue weighted by Crippen LogP contribution is -2.36. The van der Waals surface area contributed by atoms with Crippen molar-refractivity contribution in [2.24, 2.45) is 0 Å². The van der Waals surface area contributed by atoms with Crippen molar-refractivity contribution in [1.82, 2.24) is 0 Å². The molecule has 0 amide bonds. The minimum Gasteiger partial charge on any atom is -0.428 e. The van der Waals surface area contributed by atoms with E-state index < -0.39 is 22.0 Å². The van der Waals surface area contributed by atoms with Gasteiger partial charge in [-0.15, -0.1) is 0 Å². The molecule has 3 radical (unpaired) electrons. The van der Waals surface area contributed by atoms with Crippen LogP contribution in [0, 0.1) is 0 Å². The molecular formula is C35H79B6O14. The number of hydrogen-bond donors (Lipinski definition) is 2. The highest BCUT2D eigenvalue weighted by Gasteiger charge is 2.28. The second-order valence-corrected chi connectivity index (χ2v) is 13.9. The molecule has 0 bridgehead atoms. The molecule has 0 aromatic heterocycles. The number of rotatable bonds is 41. The number of hydrogen-bond acceptors (Lipinski definition) is 14. The molecule has 0 rings (SSSR count). The molecule has 20 heteroatoms. The Morgan fingerprint density at radius 1 is 0.418 bits per heavy atom. The summed E-state index contributed by atoms with van der Waals surface area (Å²) in [6.07, 6.45) is 17.9. The third-order valence-corrected chi connectivity index (χ3v) is 7.10. The van der Waals surface area contributed by atoms with Gasteiger partial charge in [0.2, 0.25) is 0 Å². The van der Waals surface area contributed by atoms with Crippen LogP contribution in [-0.4, -0.2) is 128 Å². The predicted octanol–water partition coefficient (Wildman–Crippen LogP) is 5.29. The van der Waals surface area contributed by atoms with Crippen molar-refractivity contribution in [1.29, 1.82) is 0 Å². The van der Waals surface area contributed by atoms with Gasteiger partial charge in [-0.1, -0.05) is 77.0 Å². The highest BCUT2D eigenvalue weighted by molar-refractivity contribution is 6.37. The van der Waals surface area contributed by atoms with E-state index in [1.54, 1.807) is 0 Å². The van der Waals surface area contributed by atoms with Crippen LogP contribution in [0.3, 0.4) is 0 Å². The van der Waals surface area contributed by atoms with Gasteiger partial charge in [-0.2, -0.15) is 0 Å². The van der Waals surface area contributed by atoms with Crippen LogP contribution in [0.15, 0.2) is 0 Å². The summed E-state index contributed by atoms with van der Waals surface area (Å²) in [5.41, 5.74) is 0. The second kappa shape index (κ2) is 46.5. The standard InChI is InChI=1S/C25H54B5O12.C10H22O2.BH3/c1-22(2)39-29(40-23(3)4)35-18-16-14-12-10-9-11-13-15-17-34-28(36-20-33-27-32-19-31-26)37-21-38-30(41-24(5)6)42-25(7)8;11-9-7-5-3-1-2-4-6-8-10-12;/h22-25H,9-21H2,1-8H3;11-12H,1-10H2;1H3. The van der Waals surface area contributed by atoms with Crippen molar-refractivity contribution in [3.05, 3.63) is 0 Å². The van der Waals surface area contributed by atoms with Crippen LogP contribution in [-0.2, 0) is 55.9 Å². The predicted molar refractivity (Wildman–Crippen MR) is 225 cm³/mol. The Bertz CT molecular complexity index is 697. The van der Waals surface area contributed by atoms with Crippen molar-refractivity contribution in [3.8, 4) is 0 Å². The van der Waals surface area contributed by atoms with Crippen molar-refractivity contribution in [2.75, 3.05) is 46.8 Å². The van der Waals surface area contributed by atoms with Gasteiger partial charge in [-0.05, 0) is 81.1 Å². The van der Waals surface area contributed by atoms with E-state index in [0.29, 0.717) is 26.4 Å². The highest BCUT2D eigenvalue weighted by Crippen LogP contribution is 2.11. The monoisotopic (exact) mass is 790 g/mol. The van der Waals surface area contributed by atoms with E-state index >= 15 is 0 Å². The summed E-state index contributed by atoms with van der Waals surface area (Å²) in [6.45, 7) is 16.7. The van der Waals surface area contributed by atoms with Crippen molar-refractivity contribution in [3.63, 3.8) is 0 Å². The fourth-order valence-corrected chi connectivity index (χ4v) is 4.55. The summed E-state index contributed by atoms with van der Waals surface area (Å²) < 4.78 is 64.7. The van der Waals surface area contributed by atoms with E-state index in [9.17, 15) is 0 Å². The fraction of sp³-hybridized carbons (Fsp3) is 1.00. The van der Waals surface area contributed by atoms with Gasteiger partial charge in [0, 0.05) is 50.8 Å². The van der Waals surface area contributed by atoms with E-state index in [1.807, 2.05) is 55.4 Å². The molecule has 0 aromatic carbocycles. The molecule has 0 aliphatic carbocycles. The Kier molecular flexibility index (Phi) is 50.0. The summed E-state index contributed by atoms with van der Waals surface area (Å²) in [6, 6.07) is 0. The first-order valence-corrected chi connectivity index (χ1v) is 20.3. The molecule has 321 valence electrons. The fourth-order valence-electron chi connectivity index (χ4n) is 4.55. The van der Waals surface area contributed by atoms with Crippen LogP contribution in [0.2, 0.25) is 0 Å². The maximum absolute atomic E-state index is 8.51. The van der Waals surface area contributed by atoms with Crippen molar-refractivity contribution >= 4 is 46.1 Å². The Balaban J connectivity index is -0.00000177. The van der Waals surface area contributed by atoms with Crippen molar-refractivity contribution in [2.45, 2.75) is 183 Å². The second-order valence-electron chi connectivity index (χ2n) is 13.9. The minimum atomic E-state index is -1.01. The van der Waals surface area contributed by atoms with Gasteiger partial charge in [-0.25, -0.2) is 0 Å². The minimum absolute atomic E-state index is 0. The molecular weight excluding hydrogens is 709 g/mol. The molecule has 0 spiro atoms. The average Bonchev–Trinajstić information content (AvgIpc) is 3.10. The average molecular weight is 789 g/mol. The van der Waals surface area contributed by atoms with E-state index in [2.05, 4.69) is 4.65 Å². The van der Waals surface area contributed by atoms with Crippen LogP contribution in [0.1, 0.15) is 158 Å². The summed E-state index contributed by atoms with van der Waals surface area (Å²) in [7, 11) is 3.45. The molecule has 0 heterocycles. The molecule has 0 aliphatic rings. The van der Waals surface area contributed by atoms with Gasteiger partial charge in [-0.3, -0.25) is 0 Å². The zero-order chi connectivity index (χ0) is 40.5. The highest BCUT2D eigenvalue weighted by atomic mass is 16.8. The summed E-state index contributed by atoms with van der Waals surface area (Å²) in [4.78, 5) is 0. The maximum Gasteiger partial charge on any atom is 0.642 e. The van der Waals surface area contributed by atoms with Gasteiger partial charge in [0.25, 0.3) is 8.05 Å². The van der Waals surface area contributed by atoms with Crippen LogP contribution in [0.5, 0.6) is 0 Å². The normalized spacial score (nSPS) is 11.3. The first kappa shape index (κ1) is 59.1. The lowest BCUT2D eigenvalue weighted by atomic mass is 10.1. The summed E-state index contributed by atoms with van der Waals surface area (Å²) in [5, 5.41) is 17.0. The summed E-state index contributed by atoms with van der Waals surface area (Å²) >= 11 is 0. The molecule has 14 nitrogen and oxygen atoms in total. The van der Waals surface area contributed by atoms with Crippen LogP contribution < -0.4 is 0 Å². The lowest BCUT2D eigenvalue weighted by molar-refractivity contribution is -0.0350. The molecule has 0 aliphatic heterocycles. The van der Waals surface area contributed by atoms with E-state index in [0.717, 1.165) is 65.5 Å². The lowest BCUT2D eigenvalue weighted by Gasteiger charge is -2.20. The number of unbranched alkanes of at least 4 members (excludes halogenated alkanes) is 14. The van der Waals surface area contributed by atoms with Crippen molar-refractivity contribution < 1.29 is 66.1 Å². The smallest absolute Gasteiger partial charge is 0.428 e. The van der Waals surface area contributed by atoms with Crippen LogP contribution in [0.4, 0.5) is 0 Å². The number of aliphatic hydroxyl groups is 2. The SMILES string of the molecule is B.OCCCCCCCCCCO.[B]OCO[B]OCOB(OCCCCCCCCCCOB(OC(C)C)OC(C)C)OCOB(OC(C)C)OC(C)C. The largest absolute Gasteiger partial charge is 0.642 e. The molecule has 0 saturated heterocycles. The molecule has 0 fully saturated rings. The number of aliphatic hydroxyl groups excluding tert-OH is 2. The maximum atomic E-state index is 8.51. The van der Waals surface area contributed by atoms with E-state index in [-0.39, 0.29) is 53.2 Å². The van der Waals surface area contributed by atoms with Crippen LogP contribution >= 0.6 is 0 Å². The van der Waals surface area contributed by atoms with Gasteiger partial charge in [0.05, 0.1) is 8.41 Å². The molecule has 2 N–H and O–H groups in total. The zero-order valence-corrected chi connectivity index (χ0v) is 35.3. The molecule has 0 aromatic rings. The third-order valence-electron chi connectivity index (χ3n) is 7.10. The molecule has 55 heavy (non-hydrogen) atoms. The molecule has 0 unspecified atom stereocenters. The Labute approximate surface area is 340 Å². The molecule has 0 atom stereocenters. The Hall–Kier alpha value is -0.170. The first-order chi connectivity index (χ1) is 26.0. The van der Waals surface area contributed by atoms with Gasteiger partial charge in [0.15, 0.2) is 0 Å². The van der Waals surface area contributed by atoms with E-state index in [4.69, 9.17) is 69.5 Å².